The number of halogens is 1. The zero-order valence-corrected chi connectivity index (χ0v) is 10.6. The van der Waals surface area contributed by atoms with Crippen molar-refractivity contribution in [2.24, 2.45) is 11.3 Å². The highest BCUT2D eigenvalue weighted by atomic mass is 127. The lowest BCUT2D eigenvalue weighted by Crippen LogP contribution is -2.45. The van der Waals surface area contributed by atoms with Crippen molar-refractivity contribution in [3.63, 3.8) is 0 Å². The molecule has 1 nitrogen and oxygen atoms in total. The van der Waals surface area contributed by atoms with Crippen LogP contribution in [0, 0.1) is 11.3 Å². The molecule has 1 aliphatic heterocycles. The van der Waals surface area contributed by atoms with Gasteiger partial charge in [-0.15, -0.1) is 0 Å². The lowest BCUT2D eigenvalue weighted by atomic mass is 9.64. The van der Waals surface area contributed by atoms with Gasteiger partial charge in [0.25, 0.3) is 0 Å². The van der Waals surface area contributed by atoms with Gasteiger partial charge in [-0.05, 0) is 30.7 Å². The van der Waals surface area contributed by atoms with E-state index >= 15 is 0 Å². The SMILES string of the molecule is CC1C(I)CC=C2CNCCC21C. The summed E-state index contributed by atoms with van der Waals surface area (Å²) in [6.07, 6.45) is 5.07. The van der Waals surface area contributed by atoms with Crippen molar-refractivity contribution in [1.82, 2.24) is 5.32 Å². The predicted octanol–water partition coefficient (Wildman–Crippen LogP) is 2.76. The molecule has 1 saturated heterocycles. The first kappa shape index (κ1) is 9.97. The maximum absolute atomic E-state index is 3.47. The van der Waals surface area contributed by atoms with Crippen LogP contribution in [-0.2, 0) is 0 Å². The van der Waals surface area contributed by atoms with Crippen LogP contribution < -0.4 is 5.32 Å². The van der Waals surface area contributed by atoms with Gasteiger partial charge in [-0.3, -0.25) is 0 Å². The van der Waals surface area contributed by atoms with Crippen LogP contribution in [-0.4, -0.2) is 17.0 Å². The molecule has 74 valence electrons. The van der Waals surface area contributed by atoms with Crippen LogP contribution in [0.3, 0.4) is 0 Å². The first-order valence-electron chi connectivity index (χ1n) is 5.19. The number of nitrogens with one attached hydrogen (secondary N) is 1. The van der Waals surface area contributed by atoms with Gasteiger partial charge in [0.15, 0.2) is 0 Å². The van der Waals surface area contributed by atoms with Crippen molar-refractivity contribution >= 4 is 22.6 Å². The Bertz CT molecular complexity index is 236. The quantitative estimate of drug-likeness (QED) is 0.411. The van der Waals surface area contributed by atoms with Gasteiger partial charge >= 0.3 is 0 Å². The third kappa shape index (κ3) is 1.56. The minimum atomic E-state index is 0.495. The Morgan fingerprint density at radius 2 is 2.38 bits per heavy atom. The van der Waals surface area contributed by atoms with Gasteiger partial charge in [-0.2, -0.15) is 0 Å². The lowest BCUT2D eigenvalue weighted by molar-refractivity contribution is 0.196. The highest BCUT2D eigenvalue weighted by Crippen LogP contribution is 2.47. The average molecular weight is 291 g/mol. The predicted molar refractivity (Wildman–Crippen MR) is 65.3 cm³/mol. The van der Waals surface area contributed by atoms with Crippen LogP contribution in [0.4, 0.5) is 0 Å². The van der Waals surface area contributed by atoms with Crippen LogP contribution in [0.15, 0.2) is 11.6 Å². The van der Waals surface area contributed by atoms with Crippen LogP contribution >= 0.6 is 22.6 Å². The number of rotatable bonds is 0. The van der Waals surface area contributed by atoms with Crippen molar-refractivity contribution in [2.75, 3.05) is 13.1 Å². The Morgan fingerprint density at radius 3 is 3.15 bits per heavy atom. The number of hydrogen-bond donors (Lipinski definition) is 1. The van der Waals surface area contributed by atoms with E-state index in [1.54, 1.807) is 5.57 Å². The van der Waals surface area contributed by atoms with Gasteiger partial charge in [0.2, 0.25) is 0 Å². The first-order chi connectivity index (χ1) is 6.14. The molecule has 1 heterocycles. The molecule has 0 bridgehead atoms. The number of allylic oxidation sites excluding steroid dienone is 1. The molecule has 0 aromatic carbocycles. The maximum Gasteiger partial charge on any atom is 0.0178 e. The summed E-state index contributed by atoms with van der Waals surface area (Å²) < 4.78 is 0.837. The summed E-state index contributed by atoms with van der Waals surface area (Å²) in [6, 6.07) is 0. The summed E-state index contributed by atoms with van der Waals surface area (Å²) in [6.45, 7) is 7.20. The molecular weight excluding hydrogens is 273 g/mol. The molecule has 2 rings (SSSR count). The minimum absolute atomic E-state index is 0.495. The molecular formula is C11H18IN. The Labute approximate surface area is 94.5 Å². The van der Waals surface area contributed by atoms with E-state index in [1.807, 2.05) is 0 Å². The van der Waals surface area contributed by atoms with Crippen molar-refractivity contribution in [2.45, 2.75) is 30.6 Å². The van der Waals surface area contributed by atoms with Crippen molar-refractivity contribution in [1.29, 1.82) is 0 Å². The van der Waals surface area contributed by atoms with E-state index in [-0.39, 0.29) is 0 Å². The van der Waals surface area contributed by atoms with E-state index in [4.69, 9.17) is 0 Å². The molecule has 1 aliphatic carbocycles. The number of hydrogen-bond acceptors (Lipinski definition) is 1. The van der Waals surface area contributed by atoms with E-state index in [9.17, 15) is 0 Å². The second-order valence-corrected chi connectivity index (χ2v) is 6.21. The molecule has 0 radical (unpaired) electrons. The molecule has 2 heteroatoms. The highest BCUT2D eigenvalue weighted by molar-refractivity contribution is 14.1. The van der Waals surface area contributed by atoms with Gasteiger partial charge in [-0.25, -0.2) is 0 Å². The molecule has 0 amide bonds. The van der Waals surface area contributed by atoms with E-state index in [0.29, 0.717) is 5.41 Å². The highest BCUT2D eigenvalue weighted by Gasteiger charge is 2.41. The van der Waals surface area contributed by atoms with Crippen LogP contribution in [0.2, 0.25) is 0 Å². The monoisotopic (exact) mass is 291 g/mol. The Balaban J connectivity index is 2.30. The molecule has 0 aromatic heterocycles. The second-order valence-electron chi connectivity index (χ2n) is 4.61. The molecule has 3 atom stereocenters. The molecule has 1 N–H and O–H groups in total. The fourth-order valence-corrected chi connectivity index (χ4v) is 3.67. The molecule has 2 aliphatic rings. The third-order valence-electron chi connectivity index (χ3n) is 4.01. The molecule has 13 heavy (non-hydrogen) atoms. The summed E-state index contributed by atoms with van der Waals surface area (Å²) in [5.74, 6) is 0.843. The zero-order valence-electron chi connectivity index (χ0n) is 8.44. The summed E-state index contributed by atoms with van der Waals surface area (Å²) in [7, 11) is 0. The summed E-state index contributed by atoms with van der Waals surface area (Å²) >= 11 is 2.62. The third-order valence-corrected chi connectivity index (χ3v) is 5.59. The summed E-state index contributed by atoms with van der Waals surface area (Å²) in [5, 5.41) is 3.47. The molecule has 0 aromatic rings. The standard InChI is InChI=1S/C11H18IN/c1-8-10(12)4-3-9-7-13-6-5-11(8,9)2/h3,8,10,13H,4-7H2,1-2H3. The Kier molecular flexibility index (Phi) is 2.71. The zero-order chi connectivity index (χ0) is 9.47. The van der Waals surface area contributed by atoms with Crippen LogP contribution in [0.25, 0.3) is 0 Å². The number of alkyl halides is 1. The van der Waals surface area contributed by atoms with Crippen LogP contribution in [0.5, 0.6) is 0 Å². The van der Waals surface area contributed by atoms with Crippen LogP contribution in [0.1, 0.15) is 26.7 Å². The van der Waals surface area contributed by atoms with E-state index in [0.717, 1.165) is 16.4 Å². The van der Waals surface area contributed by atoms with Gasteiger partial charge in [-0.1, -0.05) is 48.1 Å². The summed E-state index contributed by atoms with van der Waals surface area (Å²) in [4.78, 5) is 0. The summed E-state index contributed by atoms with van der Waals surface area (Å²) in [5.41, 5.74) is 2.16. The van der Waals surface area contributed by atoms with Crippen molar-refractivity contribution in [3.8, 4) is 0 Å². The number of piperidine rings is 1. The maximum atomic E-state index is 3.47. The van der Waals surface area contributed by atoms with Gasteiger partial charge in [0, 0.05) is 10.5 Å². The molecule has 3 unspecified atom stereocenters. The molecule has 1 fully saturated rings. The van der Waals surface area contributed by atoms with Crippen molar-refractivity contribution < 1.29 is 0 Å². The van der Waals surface area contributed by atoms with E-state index < -0.39 is 0 Å². The lowest BCUT2D eigenvalue weighted by Gasteiger charge is -2.46. The van der Waals surface area contributed by atoms with Gasteiger partial charge in [0.05, 0.1) is 0 Å². The van der Waals surface area contributed by atoms with Gasteiger partial charge in [0.1, 0.15) is 0 Å². The average Bonchev–Trinajstić information content (AvgIpc) is 2.13. The fourth-order valence-electron chi connectivity index (χ4n) is 2.62. The number of fused-ring (bicyclic) bond motifs is 1. The Hall–Kier alpha value is 0.430. The Morgan fingerprint density at radius 1 is 1.62 bits per heavy atom. The fraction of sp³-hybridized carbons (Fsp3) is 0.818. The topological polar surface area (TPSA) is 12.0 Å². The first-order valence-corrected chi connectivity index (χ1v) is 6.43. The smallest absolute Gasteiger partial charge is 0.0178 e. The van der Waals surface area contributed by atoms with Crippen molar-refractivity contribution in [3.05, 3.63) is 11.6 Å². The largest absolute Gasteiger partial charge is 0.313 e. The normalized spacial score (nSPS) is 45.3. The molecule has 0 spiro atoms. The minimum Gasteiger partial charge on any atom is -0.313 e. The molecule has 0 saturated carbocycles. The second kappa shape index (κ2) is 3.54. The van der Waals surface area contributed by atoms with E-state index in [2.05, 4.69) is 47.8 Å². The van der Waals surface area contributed by atoms with E-state index in [1.165, 1.54) is 19.4 Å². The van der Waals surface area contributed by atoms with Gasteiger partial charge < -0.3 is 5.32 Å².